The van der Waals surface area contributed by atoms with Crippen LogP contribution >= 0.6 is 0 Å². The van der Waals surface area contributed by atoms with Gasteiger partial charge >= 0.3 is 0 Å². The zero-order valence-corrected chi connectivity index (χ0v) is 18.0. The number of likely N-dealkylation sites (N-methyl/N-ethyl adjacent to an activating group) is 1. The SMILES string of the molecule is CNC(=O)/C=C/c1ccc(-c2cc3c(nn2)N(C2C[C@H]4CC[C@@H](C2)N4)C(=O)CC3)c(O)c1. The fourth-order valence-electron chi connectivity index (χ4n) is 5.16. The lowest BCUT2D eigenvalue weighted by Crippen LogP contribution is -2.52. The van der Waals surface area contributed by atoms with Crippen molar-refractivity contribution in [3.63, 3.8) is 0 Å². The van der Waals surface area contributed by atoms with Crippen molar-refractivity contribution in [1.29, 1.82) is 0 Å². The van der Waals surface area contributed by atoms with Crippen molar-refractivity contribution in [1.82, 2.24) is 20.8 Å². The minimum absolute atomic E-state index is 0.0666. The van der Waals surface area contributed by atoms with E-state index in [1.807, 2.05) is 17.0 Å². The maximum atomic E-state index is 12.8. The number of hydrogen-bond acceptors (Lipinski definition) is 6. The molecule has 32 heavy (non-hydrogen) atoms. The first-order valence-corrected chi connectivity index (χ1v) is 11.2. The number of hydrogen-bond donors (Lipinski definition) is 3. The van der Waals surface area contributed by atoms with E-state index in [9.17, 15) is 14.7 Å². The molecule has 3 atom stereocenters. The van der Waals surface area contributed by atoms with Gasteiger partial charge in [0.2, 0.25) is 11.8 Å². The lowest BCUT2D eigenvalue weighted by atomic mass is 9.94. The molecule has 4 heterocycles. The van der Waals surface area contributed by atoms with Gasteiger partial charge in [0.05, 0.1) is 5.69 Å². The summed E-state index contributed by atoms with van der Waals surface area (Å²) >= 11 is 0. The summed E-state index contributed by atoms with van der Waals surface area (Å²) in [5.74, 6) is 0.647. The van der Waals surface area contributed by atoms with Crippen LogP contribution in [0.5, 0.6) is 5.75 Å². The number of aryl methyl sites for hydroxylation is 1. The van der Waals surface area contributed by atoms with Crippen LogP contribution in [0.3, 0.4) is 0 Å². The first-order valence-electron chi connectivity index (χ1n) is 11.2. The number of fused-ring (bicyclic) bond motifs is 3. The molecular weight excluding hydrogens is 406 g/mol. The van der Waals surface area contributed by atoms with Crippen LogP contribution in [-0.4, -0.2) is 52.3 Å². The Bertz CT molecular complexity index is 1090. The highest BCUT2D eigenvalue weighted by Gasteiger charge is 2.40. The number of carbonyl (C=O) groups is 2. The average Bonchev–Trinajstić information content (AvgIpc) is 3.14. The summed E-state index contributed by atoms with van der Waals surface area (Å²) < 4.78 is 0. The number of phenolic OH excluding ortho intramolecular Hbond substituents is 1. The zero-order valence-electron chi connectivity index (χ0n) is 18.0. The first kappa shape index (κ1) is 20.6. The number of benzene rings is 1. The maximum absolute atomic E-state index is 12.8. The standard InChI is InChI=1S/C24H27N5O3/c1-25-22(31)8-3-14-2-7-19(21(30)10-14)20-11-15-4-9-23(32)29(24(15)28-27-20)18-12-16-5-6-17(13-18)26-16/h2-3,7-8,10-11,16-18,26,30H,4-6,9,12-13H2,1H3,(H,25,31)/b8-3+/t16-,17+,18?. The molecular formula is C24H27N5O3. The highest BCUT2D eigenvalue weighted by atomic mass is 16.3. The zero-order chi connectivity index (χ0) is 22.2. The number of nitrogens with zero attached hydrogens (tertiary/aromatic N) is 3. The minimum atomic E-state index is -0.213. The number of amides is 2. The molecule has 2 aromatic rings. The second-order valence-electron chi connectivity index (χ2n) is 8.83. The lowest BCUT2D eigenvalue weighted by molar-refractivity contribution is -0.119. The molecule has 3 N–H and O–H groups in total. The van der Waals surface area contributed by atoms with Gasteiger partial charge in [-0.3, -0.25) is 14.5 Å². The Labute approximate surface area is 186 Å². The summed E-state index contributed by atoms with van der Waals surface area (Å²) in [7, 11) is 1.56. The predicted octanol–water partition coefficient (Wildman–Crippen LogP) is 2.17. The summed E-state index contributed by atoms with van der Waals surface area (Å²) in [6.07, 6.45) is 8.39. The highest BCUT2D eigenvalue weighted by Crippen LogP contribution is 2.37. The highest BCUT2D eigenvalue weighted by molar-refractivity contribution is 5.96. The monoisotopic (exact) mass is 433 g/mol. The molecule has 2 fully saturated rings. The van der Waals surface area contributed by atoms with Gasteiger partial charge in [0.25, 0.3) is 0 Å². The number of aromatic hydroxyl groups is 1. The van der Waals surface area contributed by atoms with Gasteiger partial charge in [-0.15, -0.1) is 10.2 Å². The van der Waals surface area contributed by atoms with Gasteiger partial charge in [0.1, 0.15) is 5.75 Å². The summed E-state index contributed by atoms with van der Waals surface area (Å²) in [4.78, 5) is 26.1. The smallest absolute Gasteiger partial charge is 0.243 e. The maximum Gasteiger partial charge on any atom is 0.243 e. The molecule has 3 aliphatic rings. The van der Waals surface area contributed by atoms with Crippen molar-refractivity contribution in [2.45, 2.75) is 56.7 Å². The molecule has 8 heteroatoms. The minimum Gasteiger partial charge on any atom is -0.507 e. The number of anilines is 1. The van der Waals surface area contributed by atoms with E-state index in [-0.39, 0.29) is 23.6 Å². The third-order valence-corrected chi connectivity index (χ3v) is 6.74. The van der Waals surface area contributed by atoms with Crippen molar-refractivity contribution < 1.29 is 14.7 Å². The topological polar surface area (TPSA) is 107 Å². The Hall–Kier alpha value is -3.26. The molecule has 166 valence electrons. The molecule has 0 aliphatic carbocycles. The van der Waals surface area contributed by atoms with Crippen LogP contribution in [0, 0.1) is 0 Å². The van der Waals surface area contributed by atoms with E-state index in [0.29, 0.717) is 47.6 Å². The summed E-state index contributed by atoms with van der Waals surface area (Å²) in [6, 6.07) is 8.25. The van der Waals surface area contributed by atoms with Crippen molar-refractivity contribution in [2.24, 2.45) is 0 Å². The van der Waals surface area contributed by atoms with Crippen LogP contribution in [0.25, 0.3) is 17.3 Å². The van der Waals surface area contributed by atoms with Gasteiger partial charge in [0.15, 0.2) is 5.82 Å². The molecule has 2 bridgehead atoms. The molecule has 2 saturated heterocycles. The van der Waals surface area contributed by atoms with Gasteiger partial charge in [-0.2, -0.15) is 0 Å². The van der Waals surface area contributed by atoms with Crippen LogP contribution in [0.2, 0.25) is 0 Å². The first-order chi connectivity index (χ1) is 15.5. The lowest BCUT2D eigenvalue weighted by Gasteiger charge is -2.39. The van der Waals surface area contributed by atoms with Crippen molar-refractivity contribution >= 4 is 23.7 Å². The number of rotatable bonds is 4. The summed E-state index contributed by atoms with van der Waals surface area (Å²) in [6.45, 7) is 0. The van der Waals surface area contributed by atoms with E-state index in [4.69, 9.17) is 0 Å². The van der Waals surface area contributed by atoms with E-state index in [0.717, 1.165) is 18.4 Å². The van der Waals surface area contributed by atoms with E-state index < -0.39 is 0 Å². The molecule has 3 aliphatic heterocycles. The summed E-state index contributed by atoms with van der Waals surface area (Å²) in [5, 5.41) is 25.5. The van der Waals surface area contributed by atoms with Gasteiger partial charge in [-0.05, 0) is 67.5 Å². The van der Waals surface area contributed by atoms with Gasteiger partial charge < -0.3 is 15.7 Å². The average molecular weight is 434 g/mol. The molecule has 8 nitrogen and oxygen atoms in total. The van der Waals surface area contributed by atoms with Crippen molar-refractivity contribution in [3.05, 3.63) is 41.5 Å². The molecule has 0 radical (unpaired) electrons. The second-order valence-corrected chi connectivity index (χ2v) is 8.83. The Morgan fingerprint density at radius 2 is 1.97 bits per heavy atom. The molecule has 1 aromatic heterocycles. The number of carbonyl (C=O) groups excluding carboxylic acids is 2. The van der Waals surface area contributed by atoms with Crippen LogP contribution in [0.4, 0.5) is 5.82 Å². The number of piperidine rings is 1. The largest absolute Gasteiger partial charge is 0.507 e. The Morgan fingerprint density at radius 3 is 2.69 bits per heavy atom. The predicted molar refractivity (Wildman–Crippen MR) is 121 cm³/mol. The Balaban J connectivity index is 1.42. The Morgan fingerprint density at radius 1 is 1.19 bits per heavy atom. The van der Waals surface area contributed by atoms with E-state index in [2.05, 4.69) is 20.8 Å². The Kier molecular flexibility index (Phi) is 5.38. The quantitative estimate of drug-likeness (QED) is 0.638. The number of nitrogens with one attached hydrogen (secondary N) is 2. The molecule has 1 unspecified atom stereocenters. The van der Waals surface area contributed by atoms with E-state index in [1.54, 1.807) is 25.3 Å². The van der Waals surface area contributed by atoms with Crippen molar-refractivity contribution in [2.75, 3.05) is 11.9 Å². The van der Waals surface area contributed by atoms with Crippen LogP contribution in [0.15, 0.2) is 30.3 Å². The summed E-state index contributed by atoms with van der Waals surface area (Å²) in [5.41, 5.74) is 2.84. The van der Waals surface area contributed by atoms with Crippen molar-refractivity contribution in [3.8, 4) is 17.0 Å². The van der Waals surface area contributed by atoms with Gasteiger partial charge in [0, 0.05) is 43.2 Å². The van der Waals surface area contributed by atoms with Gasteiger partial charge in [-0.1, -0.05) is 6.07 Å². The van der Waals surface area contributed by atoms with Crippen LogP contribution in [0.1, 0.15) is 43.2 Å². The van der Waals surface area contributed by atoms with Crippen LogP contribution < -0.4 is 15.5 Å². The molecule has 2 amide bonds. The molecule has 1 aromatic carbocycles. The molecule has 5 rings (SSSR count). The fraction of sp³-hybridized carbons (Fsp3) is 0.417. The van der Waals surface area contributed by atoms with E-state index in [1.165, 1.54) is 18.9 Å². The number of phenols is 1. The number of aromatic nitrogens is 2. The normalized spacial score (nSPS) is 24.6. The van der Waals surface area contributed by atoms with Crippen LogP contribution in [-0.2, 0) is 16.0 Å². The fourth-order valence-corrected chi connectivity index (χ4v) is 5.16. The molecule has 0 spiro atoms. The van der Waals surface area contributed by atoms with E-state index >= 15 is 0 Å². The third kappa shape index (κ3) is 3.86. The van der Waals surface area contributed by atoms with Gasteiger partial charge in [-0.25, -0.2) is 0 Å². The second kappa shape index (κ2) is 8.35. The third-order valence-electron chi connectivity index (χ3n) is 6.74. The molecule has 0 saturated carbocycles.